The molecule has 0 bridgehead atoms. The number of nitrogens with zero attached hydrogens (tertiary/aromatic N) is 4. The van der Waals surface area contributed by atoms with Crippen molar-refractivity contribution in [3.05, 3.63) is 29.6 Å². The normalized spacial score (nSPS) is 18.5. The summed E-state index contributed by atoms with van der Waals surface area (Å²) in [4.78, 5) is 9.37. The van der Waals surface area contributed by atoms with Crippen LogP contribution in [0.25, 0.3) is 0 Å². The number of hydrogen-bond donors (Lipinski definition) is 0. The highest BCUT2D eigenvalue weighted by Crippen LogP contribution is 2.31. The van der Waals surface area contributed by atoms with E-state index in [0.717, 1.165) is 61.6 Å². The average Bonchev–Trinajstić information content (AvgIpc) is 2.90. The molecule has 1 aromatic carbocycles. The zero-order valence-corrected chi connectivity index (χ0v) is 14.7. The number of fused-ring (bicyclic) bond motifs is 1. The van der Waals surface area contributed by atoms with E-state index in [-0.39, 0.29) is 0 Å². The van der Waals surface area contributed by atoms with Crippen molar-refractivity contribution < 1.29 is 9.47 Å². The first-order valence-electron chi connectivity index (χ1n) is 8.44. The molecule has 1 aromatic heterocycles. The fourth-order valence-electron chi connectivity index (χ4n) is 3.18. The Morgan fingerprint density at radius 1 is 1.08 bits per heavy atom. The molecular weight excluding hydrogens is 324 g/mol. The van der Waals surface area contributed by atoms with Gasteiger partial charge < -0.3 is 14.4 Å². The SMILES string of the molecule is Cc1nsc(N2CCCN(Cc3ccc4c(c3)OCCO4)CC2)n1. The minimum absolute atomic E-state index is 0.635. The number of rotatable bonds is 3. The Kier molecular flexibility index (Phi) is 4.53. The largest absolute Gasteiger partial charge is 0.486 e. The van der Waals surface area contributed by atoms with Crippen LogP contribution < -0.4 is 14.4 Å². The zero-order chi connectivity index (χ0) is 16.4. The van der Waals surface area contributed by atoms with Crippen LogP contribution in [0.2, 0.25) is 0 Å². The van der Waals surface area contributed by atoms with Crippen LogP contribution in [0.3, 0.4) is 0 Å². The summed E-state index contributed by atoms with van der Waals surface area (Å²) in [6.07, 6.45) is 1.14. The van der Waals surface area contributed by atoms with Gasteiger partial charge in [0.25, 0.3) is 0 Å². The lowest BCUT2D eigenvalue weighted by Gasteiger charge is -2.23. The predicted molar refractivity (Wildman–Crippen MR) is 94.2 cm³/mol. The maximum atomic E-state index is 5.69. The van der Waals surface area contributed by atoms with E-state index in [1.54, 1.807) is 0 Å². The number of aromatic nitrogens is 2. The second-order valence-corrected chi connectivity index (χ2v) is 6.95. The Labute approximate surface area is 146 Å². The third-order valence-corrected chi connectivity index (χ3v) is 5.26. The molecule has 128 valence electrons. The first-order valence-corrected chi connectivity index (χ1v) is 9.21. The van der Waals surface area contributed by atoms with Gasteiger partial charge in [0, 0.05) is 44.3 Å². The molecule has 0 atom stereocenters. The standard InChI is InChI=1S/C17H22N4O2S/c1-13-18-17(24-19-13)21-6-2-5-20(7-8-21)12-14-3-4-15-16(11-14)23-10-9-22-15/h3-4,11H,2,5-10,12H2,1H3. The van der Waals surface area contributed by atoms with Crippen LogP contribution in [0.5, 0.6) is 11.5 Å². The van der Waals surface area contributed by atoms with E-state index in [1.165, 1.54) is 17.1 Å². The molecule has 2 aromatic rings. The summed E-state index contributed by atoms with van der Waals surface area (Å²) in [6.45, 7) is 8.35. The summed E-state index contributed by atoms with van der Waals surface area (Å²) in [5.41, 5.74) is 1.28. The fraction of sp³-hybridized carbons (Fsp3) is 0.529. The molecule has 3 heterocycles. The van der Waals surface area contributed by atoms with Crippen LogP contribution >= 0.6 is 11.5 Å². The summed E-state index contributed by atoms with van der Waals surface area (Å²) < 4.78 is 15.6. The predicted octanol–water partition coefficient (Wildman–Crippen LogP) is 2.33. The van der Waals surface area contributed by atoms with Crippen molar-refractivity contribution in [2.75, 3.05) is 44.3 Å². The molecule has 6 nitrogen and oxygen atoms in total. The van der Waals surface area contributed by atoms with Crippen LogP contribution in [0, 0.1) is 6.92 Å². The summed E-state index contributed by atoms with van der Waals surface area (Å²) >= 11 is 1.50. The Morgan fingerprint density at radius 3 is 2.79 bits per heavy atom. The van der Waals surface area contributed by atoms with Crippen molar-refractivity contribution in [1.29, 1.82) is 0 Å². The van der Waals surface area contributed by atoms with Gasteiger partial charge in [0.15, 0.2) is 11.5 Å². The molecule has 0 spiro atoms. The van der Waals surface area contributed by atoms with E-state index in [9.17, 15) is 0 Å². The van der Waals surface area contributed by atoms with Gasteiger partial charge in [0.2, 0.25) is 5.13 Å². The molecule has 0 aliphatic carbocycles. The average molecular weight is 346 g/mol. The van der Waals surface area contributed by atoms with E-state index in [4.69, 9.17) is 9.47 Å². The highest BCUT2D eigenvalue weighted by molar-refractivity contribution is 7.09. The van der Waals surface area contributed by atoms with E-state index in [0.29, 0.717) is 13.2 Å². The lowest BCUT2D eigenvalue weighted by molar-refractivity contribution is 0.171. The maximum absolute atomic E-state index is 5.69. The molecule has 2 aliphatic rings. The van der Waals surface area contributed by atoms with Crippen molar-refractivity contribution in [2.45, 2.75) is 19.9 Å². The van der Waals surface area contributed by atoms with Crippen LogP contribution in [0.15, 0.2) is 18.2 Å². The molecule has 1 saturated heterocycles. The summed E-state index contributed by atoms with van der Waals surface area (Å²) in [7, 11) is 0. The van der Waals surface area contributed by atoms with Crippen molar-refractivity contribution in [3.8, 4) is 11.5 Å². The molecule has 2 aliphatic heterocycles. The van der Waals surface area contributed by atoms with Crippen molar-refractivity contribution in [3.63, 3.8) is 0 Å². The van der Waals surface area contributed by atoms with E-state index in [1.807, 2.05) is 13.0 Å². The molecule has 0 N–H and O–H groups in total. The summed E-state index contributed by atoms with van der Waals surface area (Å²) in [5, 5.41) is 1.05. The summed E-state index contributed by atoms with van der Waals surface area (Å²) in [5.74, 6) is 2.60. The Balaban J connectivity index is 1.39. The Hall–Kier alpha value is -1.86. The summed E-state index contributed by atoms with van der Waals surface area (Å²) in [6, 6.07) is 6.29. The topological polar surface area (TPSA) is 50.7 Å². The number of ether oxygens (including phenoxy) is 2. The highest BCUT2D eigenvalue weighted by Gasteiger charge is 2.19. The van der Waals surface area contributed by atoms with Crippen LogP contribution in [-0.4, -0.2) is 53.7 Å². The Morgan fingerprint density at radius 2 is 1.96 bits per heavy atom. The molecule has 1 fully saturated rings. The van der Waals surface area contributed by atoms with Crippen LogP contribution in [-0.2, 0) is 6.54 Å². The second-order valence-electron chi connectivity index (χ2n) is 6.22. The molecule has 7 heteroatoms. The molecule has 4 rings (SSSR count). The van der Waals surface area contributed by atoms with Gasteiger partial charge in [0.1, 0.15) is 19.0 Å². The number of benzene rings is 1. The van der Waals surface area contributed by atoms with Gasteiger partial charge in [-0.3, -0.25) is 4.90 Å². The molecule has 24 heavy (non-hydrogen) atoms. The van der Waals surface area contributed by atoms with Crippen molar-refractivity contribution >= 4 is 16.7 Å². The lowest BCUT2D eigenvalue weighted by Crippen LogP contribution is -2.30. The van der Waals surface area contributed by atoms with Crippen molar-refractivity contribution in [2.24, 2.45) is 0 Å². The first-order chi connectivity index (χ1) is 11.8. The molecule has 0 saturated carbocycles. The number of hydrogen-bond acceptors (Lipinski definition) is 7. The van der Waals surface area contributed by atoms with Crippen molar-refractivity contribution in [1.82, 2.24) is 14.3 Å². The fourth-order valence-corrected chi connectivity index (χ4v) is 3.90. The smallest absolute Gasteiger partial charge is 0.205 e. The van der Waals surface area contributed by atoms with Crippen LogP contribution in [0.4, 0.5) is 5.13 Å². The van der Waals surface area contributed by atoms with Gasteiger partial charge in [-0.15, -0.1) is 0 Å². The van der Waals surface area contributed by atoms with Gasteiger partial charge in [-0.05, 0) is 31.0 Å². The molecular formula is C17H22N4O2S. The van der Waals surface area contributed by atoms with Gasteiger partial charge in [-0.25, -0.2) is 4.98 Å². The van der Waals surface area contributed by atoms with Gasteiger partial charge >= 0.3 is 0 Å². The van der Waals surface area contributed by atoms with E-state index >= 15 is 0 Å². The molecule has 0 radical (unpaired) electrons. The second kappa shape index (κ2) is 6.94. The minimum Gasteiger partial charge on any atom is -0.486 e. The third kappa shape index (κ3) is 3.47. The maximum Gasteiger partial charge on any atom is 0.205 e. The quantitative estimate of drug-likeness (QED) is 0.850. The molecule has 0 unspecified atom stereocenters. The van der Waals surface area contributed by atoms with Gasteiger partial charge in [-0.1, -0.05) is 6.07 Å². The monoisotopic (exact) mass is 346 g/mol. The van der Waals surface area contributed by atoms with E-state index in [2.05, 4.69) is 31.3 Å². The van der Waals surface area contributed by atoms with Gasteiger partial charge in [-0.2, -0.15) is 4.37 Å². The van der Waals surface area contributed by atoms with E-state index < -0.39 is 0 Å². The first kappa shape index (κ1) is 15.7. The number of aryl methyl sites for hydroxylation is 1. The third-order valence-electron chi connectivity index (χ3n) is 4.39. The Bertz CT molecular complexity index is 706. The lowest BCUT2D eigenvalue weighted by atomic mass is 10.1. The number of anilines is 1. The molecule has 0 amide bonds. The van der Waals surface area contributed by atoms with Crippen LogP contribution in [0.1, 0.15) is 17.8 Å². The highest BCUT2D eigenvalue weighted by atomic mass is 32.1. The zero-order valence-electron chi connectivity index (χ0n) is 13.9. The minimum atomic E-state index is 0.635. The van der Waals surface area contributed by atoms with Gasteiger partial charge in [0.05, 0.1) is 0 Å².